The quantitative estimate of drug-likeness (QED) is 0.605. The molecule has 0 aromatic heterocycles. The summed E-state index contributed by atoms with van der Waals surface area (Å²) >= 11 is 0. The molecule has 2 amide bonds. The van der Waals surface area contributed by atoms with Gasteiger partial charge in [0.05, 0.1) is 6.04 Å². The van der Waals surface area contributed by atoms with Crippen molar-refractivity contribution in [1.29, 1.82) is 0 Å². The number of carbonyl (C=O) groups excluding carboxylic acids is 2. The normalized spacial score (nSPS) is 23.0. The highest BCUT2D eigenvalue weighted by Crippen LogP contribution is 2.52. The van der Waals surface area contributed by atoms with Gasteiger partial charge in [0.2, 0.25) is 0 Å². The van der Waals surface area contributed by atoms with E-state index in [2.05, 4.69) is 74.4 Å². The van der Waals surface area contributed by atoms with Crippen molar-refractivity contribution >= 4 is 11.8 Å². The fraction of sp³-hybridized carbons (Fsp3) is 0.600. The minimum atomic E-state index is -0.194. The van der Waals surface area contributed by atoms with Crippen LogP contribution in [0.3, 0.4) is 0 Å². The van der Waals surface area contributed by atoms with Gasteiger partial charge >= 0.3 is 0 Å². The lowest BCUT2D eigenvalue weighted by atomic mass is 9.72. The van der Waals surface area contributed by atoms with Crippen LogP contribution in [0.5, 0.6) is 0 Å². The van der Waals surface area contributed by atoms with E-state index in [1.54, 1.807) is 0 Å². The number of carbonyl (C=O) groups is 2. The van der Waals surface area contributed by atoms with E-state index >= 15 is 0 Å². The van der Waals surface area contributed by atoms with Gasteiger partial charge in [-0.25, -0.2) is 0 Å². The van der Waals surface area contributed by atoms with Crippen LogP contribution in [0.1, 0.15) is 90.6 Å². The Balaban J connectivity index is 2.28. The van der Waals surface area contributed by atoms with Gasteiger partial charge in [-0.1, -0.05) is 74.4 Å². The molecule has 1 heterocycles. The maximum Gasteiger partial charge on any atom is 0.254 e. The summed E-state index contributed by atoms with van der Waals surface area (Å²) in [7, 11) is 0. The van der Waals surface area contributed by atoms with E-state index in [4.69, 9.17) is 0 Å². The molecule has 2 aliphatic rings. The van der Waals surface area contributed by atoms with Crippen LogP contribution in [-0.2, 0) is 26.8 Å². The zero-order valence-corrected chi connectivity index (χ0v) is 18.9. The van der Waals surface area contributed by atoms with E-state index in [-0.39, 0.29) is 40.0 Å². The summed E-state index contributed by atoms with van der Waals surface area (Å²) in [5, 5.41) is 0. The van der Waals surface area contributed by atoms with Gasteiger partial charge in [0.1, 0.15) is 0 Å². The summed E-state index contributed by atoms with van der Waals surface area (Å²) in [5.74, 6) is -0.171. The van der Waals surface area contributed by atoms with Crippen molar-refractivity contribution in [2.75, 3.05) is 0 Å². The first-order valence-corrected chi connectivity index (χ1v) is 10.4. The molecule has 0 unspecified atom stereocenters. The fourth-order valence-corrected chi connectivity index (χ4v) is 4.98. The first-order chi connectivity index (χ1) is 12.6. The van der Waals surface area contributed by atoms with E-state index < -0.39 is 0 Å². The molecule has 0 bridgehead atoms. The third-order valence-electron chi connectivity index (χ3n) is 6.26. The van der Waals surface area contributed by atoms with Crippen LogP contribution in [0, 0.1) is 11.3 Å². The van der Waals surface area contributed by atoms with Gasteiger partial charge in [0.25, 0.3) is 11.8 Å². The monoisotopic (exact) mass is 381 g/mol. The Labute approximate surface area is 170 Å². The van der Waals surface area contributed by atoms with Gasteiger partial charge in [-0.2, -0.15) is 0 Å². The maximum absolute atomic E-state index is 12.6. The molecular formula is C25H35NO2. The SMILES string of the molecule is CC(C)(C)c1ccc2c(c1C(C)(C)C)C[C@@H](C(C)(C)C)[C@@H]2N1C(=O)C=CC1=O. The largest absolute Gasteiger partial charge is 0.269 e. The molecule has 1 aromatic carbocycles. The Hall–Kier alpha value is -1.90. The summed E-state index contributed by atoms with van der Waals surface area (Å²) in [5.41, 5.74) is 5.26. The summed E-state index contributed by atoms with van der Waals surface area (Å²) in [6, 6.07) is 4.22. The van der Waals surface area contributed by atoms with E-state index in [1.165, 1.54) is 33.7 Å². The molecule has 3 nitrogen and oxygen atoms in total. The highest BCUT2D eigenvalue weighted by molar-refractivity contribution is 6.13. The van der Waals surface area contributed by atoms with E-state index in [0.29, 0.717) is 0 Å². The molecule has 0 N–H and O–H groups in total. The predicted octanol–water partition coefficient (Wildman–Crippen LogP) is 5.47. The third kappa shape index (κ3) is 3.33. The number of amides is 2. The highest BCUT2D eigenvalue weighted by Gasteiger charge is 2.48. The molecule has 2 atom stereocenters. The Bertz CT molecular complexity index is 838. The average molecular weight is 382 g/mol. The van der Waals surface area contributed by atoms with Gasteiger partial charge in [0, 0.05) is 12.2 Å². The summed E-state index contributed by atoms with van der Waals surface area (Å²) in [6.07, 6.45) is 3.72. The van der Waals surface area contributed by atoms with Crippen molar-refractivity contribution in [3.8, 4) is 0 Å². The summed E-state index contributed by atoms with van der Waals surface area (Å²) in [6.45, 7) is 20.2. The van der Waals surface area contributed by atoms with Crippen LogP contribution in [0.4, 0.5) is 0 Å². The van der Waals surface area contributed by atoms with Gasteiger partial charge in [-0.3, -0.25) is 14.5 Å². The lowest BCUT2D eigenvalue weighted by molar-refractivity contribution is -0.141. The minimum Gasteiger partial charge on any atom is -0.269 e. The molecule has 1 aliphatic carbocycles. The van der Waals surface area contributed by atoms with Gasteiger partial charge in [-0.05, 0) is 50.8 Å². The number of imide groups is 1. The smallest absolute Gasteiger partial charge is 0.254 e. The first-order valence-electron chi connectivity index (χ1n) is 10.4. The van der Waals surface area contributed by atoms with Crippen molar-refractivity contribution in [1.82, 2.24) is 4.90 Å². The second kappa shape index (κ2) is 6.30. The van der Waals surface area contributed by atoms with Crippen LogP contribution in [0.2, 0.25) is 0 Å². The van der Waals surface area contributed by atoms with E-state index in [0.717, 1.165) is 12.0 Å². The Morgan fingerprint density at radius 3 is 1.79 bits per heavy atom. The number of hydrogen-bond acceptors (Lipinski definition) is 2. The standard InChI is InChI=1S/C25H35NO2/c1-23(2,3)17-11-10-15-16(21(17)25(7,8)9)14-18(24(4,5)6)22(15)26-19(27)12-13-20(26)28/h10-13,18,22H,14H2,1-9H3/t18-,22-/m1/s1. The minimum absolute atomic E-state index is 0.0114. The average Bonchev–Trinajstić information content (AvgIpc) is 3.04. The molecule has 28 heavy (non-hydrogen) atoms. The molecule has 152 valence electrons. The molecule has 0 saturated carbocycles. The molecule has 0 saturated heterocycles. The topological polar surface area (TPSA) is 37.4 Å². The lowest BCUT2D eigenvalue weighted by Crippen LogP contribution is -2.40. The van der Waals surface area contributed by atoms with Crippen LogP contribution in [0.15, 0.2) is 24.3 Å². The molecule has 0 radical (unpaired) electrons. The second-order valence-electron chi connectivity index (χ2n) is 11.6. The second-order valence-corrected chi connectivity index (χ2v) is 11.6. The number of fused-ring (bicyclic) bond motifs is 1. The molecule has 3 heteroatoms. The number of rotatable bonds is 1. The molecule has 1 aliphatic heterocycles. The van der Waals surface area contributed by atoms with Gasteiger partial charge < -0.3 is 0 Å². The Kier molecular flexibility index (Phi) is 4.69. The van der Waals surface area contributed by atoms with Crippen LogP contribution in [0.25, 0.3) is 0 Å². The molecule has 1 aromatic rings. The number of benzene rings is 1. The fourth-order valence-electron chi connectivity index (χ4n) is 4.98. The van der Waals surface area contributed by atoms with Crippen molar-refractivity contribution in [3.05, 3.63) is 46.5 Å². The van der Waals surface area contributed by atoms with Gasteiger partial charge in [0.15, 0.2) is 0 Å². The zero-order valence-electron chi connectivity index (χ0n) is 18.9. The van der Waals surface area contributed by atoms with Crippen molar-refractivity contribution in [2.24, 2.45) is 11.3 Å². The predicted molar refractivity (Wildman–Crippen MR) is 114 cm³/mol. The third-order valence-corrected chi connectivity index (χ3v) is 6.26. The number of hydrogen-bond donors (Lipinski definition) is 0. The molecule has 0 fully saturated rings. The molecule has 0 spiro atoms. The first kappa shape index (κ1) is 20.8. The van der Waals surface area contributed by atoms with Crippen molar-refractivity contribution in [3.63, 3.8) is 0 Å². The lowest BCUT2D eigenvalue weighted by Gasteiger charge is -2.36. The van der Waals surface area contributed by atoms with Gasteiger partial charge in [-0.15, -0.1) is 0 Å². The van der Waals surface area contributed by atoms with Crippen molar-refractivity contribution in [2.45, 2.75) is 85.6 Å². The highest BCUT2D eigenvalue weighted by atomic mass is 16.2. The number of nitrogens with zero attached hydrogens (tertiary/aromatic N) is 1. The molecule has 3 rings (SSSR count). The Morgan fingerprint density at radius 1 is 0.821 bits per heavy atom. The van der Waals surface area contributed by atoms with Crippen LogP contribution >= 0.6 is 0 Å². The summed E-state index contributed by atoms with van der Waals surface area (Å²) < 4.78 is 0. The molecular weight excluding hydrogens is 346 g/mol. The van der Waals surface area contributed by atoms with E-state index in [1.807, 2.05) is 0 Å². The zero-order chi connectivity index (χ0) is 21.2. The maximum atomic E-state index is 12.6. The van der Waals surface area contributed by atoms with E-state index in [9.17, 15) is 9.59 Å². The summed E-state index contributed by atoms with van der Waals surface area (Å²) in [4.78, 5) is 26.7. The Morgan fingerprint density at radius 2 is 1.36 bits per heavy atom. The van der Waals surface area contributed by atoms with Crippen molar-refractivity contribution < 1.29 is 9.59 Å². The van der Waals surface area contributed by atoms with Crippen LogP contribution < -0.4 is 0 Å². The van der Waals surface area contributed by atoms with Crippen LogP contribution in [-0.4, -0.2) is 16.7 Å².